The van der Waals surface area contributed by atoms with Gasteiger partial charge >= 0.3 is 0 Å². The van der Waals surface area contributed by atoms with E-state index in [1.807, 2.05) is 17.0 Å². The van der Waals surface area contributed by atoms with Crippen LogP contribution in [-0.4, -0.2) is 34.8 Å². The zero-order valence-corrected chi connectivity index (χ0v) is 11.4. The van der Waals surface area contributed by atoms with Crippen LogP contribution >= 0.6 is 11.8 Å². The van der Waals surface area contributed by atoms with Crippen LogP contribution in [-0.2, 0) is 4.79 Å². The van der Waals surface area contributed by atoms with Crippen molar-refractivity contribution in [3.63, 3.8) is 0 Å². The Morgan fingerprint density at radius 3 is 2.83 bits per heavy atom. The van der Waals surface area contributed by atoms with Gasteiger partial charge in [0.2, 0.25) is 5.91 Å². The van der Waals surface area contributed by atoms with Crippen LogP contribution in [0.4, 0.5) is 0 Å². The minimum Gasteiger partial charge on any atom is -0.508 e. The van der Waals surface area contributed by atoms with Gasteiger partial charge in [-0.2, -0.15) is 0 Å². The first-order valence-corrected chi connectivity index (χ1v) is 7.33. The first kappa shape index (κ1) is 13.3. The number of rotatable bonds is 3. The summed E-state index contributed by atoms with van der Waals surface area (Å²) in [5, 5.41) is 9.18. The number of thioether (sulfide) groups is 1. The molecule has 1 amide bonds. The van der Waals surface area contributed by atoms with E-state index in [1.54, 1.807) is 12.1 Å². The predicted octanol–water partition coefficient (Wildman–Crippen LogP) is 2.74. The topological polar surface area (TPSA) is 40.5 Å². The molecule has 0 aliphatic carbocycles. The molecule has 0 radical (unpaired) electrons. The third-order valence-corrected chi connectivity index (χ3v) is 4.21. The normalized spacial score (nSPS) is 19.8. The predicted molar refractivity (Wildman–Crippen MR) is 73.8 cm³/mol. The number of phenols is 1. The third kappa shape index (κ3) is 3.67. The Hall–Kier alpha value is -1.16. The van der Waals surface area contributed by atoms with Gasteiger partial charge in [0, 0.05) is 18.0 Å². The van der Waals surface area contributed by atoms with Gasteiger partial charge in [-0.3, -0.25) is 4.79 Å². The van der Waals surface area contributed by atoms with E-state index in [1.165, 1.54) is 18.2 Å². The van der Waals surface area contributed by atoms with E-state index in [4.69, 9.17) is 0 Å². The quantitative estimate of drug-likeness (QED) is 0.854. The van der Waals surface area contributed by atoms with Crippen LogP contribution in [0.2, 0.25) is 0 Å². The highest BCUT2D eigenvalue weighted by Crippen LogP contribution is 2.22. The smallest absolute Gasteiger partial charge is 0.232 e. The summed E-state index contributed by atoms with van der Waals surface area (Å²) >= 11 is 1.53. The maximum absolute atomic E-state index is 12.0. The Labute approximate surface area is 112 Å². The lowest BCUT2D eigenvalue weighted by atomic mass is 10.0. The number of nitrogens with zero attached hydrogens (tertiary/aromatic N) is 1. The fraction of sp³-hybridized carbons (Fsp3) is 0.500. The average molecular weight is 265 g/mol. The maximum Gasteiger partial charge on any atom is 0.232 e. The molecule has 0 saturated carbocycles. The molecule has 1 atom stereocenters. The molecule has 0 spiro atoms. The van der Waals surface area contributed by atoms with Crippen LogP contribution in [0.5, 0.6) is 5.75 Å². The second-order valence-corrected chi connectivity index (χ2v) is 5.92. The molecule has 4 heteroatoms. The minimum absolute atomic E-state index is 0.222. The van der Waals surface area contributed by atoms with Crippen molar-refractivity contribution in [2.24, 2.45) is 5.92 Å². The molecule has 0 bridgehead atoms. The SMILES string of the molecule is CC1CCCN(C(=O)CSc2ccc(O)cc2)C1. The highest BCUT2D eigenvalue weighted by molar-refractivity contribution is 8.00. The molecule has 1 fully saturated rings. The van der Waals surface area contributed by atoms with Gasteiger partial charge in [0.1, 0.15) is 5.75 Å². The Balaban J connectivity index is 1.82. The zero-order valence-electron chi connectivity index (χ0n) is 10.6. The first-order chi connectivity index (χ1) is 8.65. The molecule has 1 aromatic rings. The number of amides is 1. The van der Waals surface area contributed by atoms with Gasteiger partial charge in [-0.25, -0.2) is 0 Å². The summed E-state index contributed by atoms with van der Waals surface area (Å²) in [4.78, 5) is 15.0. The minimum atomic E-state index is 0.222. The first-order valence-electron chi connectivity index (χ1n) is 6.35. The van der Waals surface area contributed by atoms with Crippen LogP contribution in [0.25, 0.3) is 0 Å². The molecule has 18 heavy (non-hydrogen) atoms. The fourth-order valence-corrected chi connectivity index (χ4v) is 3.00. The maximum atomic E-state index is 12.0. The van der Waals surface area contributed by atoms with Gasteiger partial charge in [0.25, 0.3) is 0 Å². The number of hydrogen-bond acceptors (Lipinski definition) is 3. The van der Waals surface area contributed by atoms with Gasteiger partial charge in [0.05, 0.1) is 5.75 Å². The summed E-state index contributed by atoms with van der Waals surface area (Å²) < 4.78 is 0. The largest absolute Gasteiger partial charge is 0.508 e. The Kier molecular flexibility index (Phi) is 4.53. The summed E-state index contributed by atoms with van der Waals surface area (Å²) in [6.07, 6.45) is 2.35. The highest BCUT2D eigenvalue weighted by Gasteiger charge is 2.20. The standard InChI is InChI=1S/C14H19NO2S/c1-11-3-2-8-15(9-11)14(17)10-18-13-6-4-12(16)5-7-13/h4-7,11,16H,2-3,8-10H2,1H3. The molecule has 2 rings (SSSR count). The summed E-state index contributed by atoms with van der Waals surface area (Å²) in [7, 11) is 0. The van der Waals surface area contributed by atoms with E-state index in [2.05, 4.69) is 6.92 Å². The molecule has 1 aromatic carbocycles. The van der Waals surface area contributed by atoms with Crippen molar-refractivity contribution in [1.29, 1.82) is 0 Å². The molecular formula is C14H19NO2S. The lowest BCUT2D eigenvalue weighted by Crippen LogP contribution is -2.40. The van der Waals surface area contributed by atoms with Crippen LogP contribution in [0, 0.1) is 5.92 Å². The summed E-state index contributed by atoms with van der Waals surface area (Å²) in [6, 6.07) is 6.98. The van der Waals surface area contributed by atoms with Crippen molar-refractivity contribution < 1.29 is 9.90 Å². The van der Waals surface area contributed by atoms with E-state index >= 15 is 0 Å². The van der Waals surface area contributed by atoms with Crippen molar-refractivity contribution in [2.75, 3.05) is 18.8 Å². The number of aromatic hydroxyl groups is 1. The van der Waals surface area contributed by atoms with Crippen LogP contribution in [0.3, 0.4) is 0 Å². The zero-order chi connectivity index (χ0) is 13.0. The van der Waals surface area contributed by atoms with Gasteiger partial charge in [-0.15, -0.1) is 11.8 Å². The van der Waals surface area contributed by atoms with Crippen LogP contribution in [0.15, 0.2) is 29.2 Å². The second kappa shape index (κ2) is 6.14. The average Bonchev–Trinajstić information content (AvgIpc) is 2.38. The molecule has 0 aromatic heterocycles. The number of benzene rings is 1. The summed E-state index contributed by atoms with van der Waals surface area (Å²) in [6.45, 7) is 4.00. The summed E-state index contributed by atoms with van der Waals surface area (Å²) in [5.41, 5.74) is 0. The number of likely N-dealkylation sites (tertiary alicyclic amines) is 1. The molecule has 1 heterocycles. The van der Waals surface area contributed by atoms with Gasteiger partial charge in [-0.05, 0) is 43.0 Å². The molecule has 1 aliphatic heterocycles. The second-order valence-electron chi connectivity index (χ2n) is 4.87. The van der Waals surface area contributed by atoms with Gasteiger partial charge < -0.3 is 10.0 Å². The Bertz CT molecular complexity index is 405. The highest BCUT2D eigenvalue weighted by atomic mass is 32.2. The molecule has 3 nitrogen and oxygen atoms in total. The summed E-state index contributed by atoms with van der Waals surface area (Å²) in [5.74, 6) is 1.59. The van der Waals surface area contributed by atoms with Crippen LogP contribution < -0.4 is 0 Å². The number of carbonyl (C=O) groups is 1. The molecule has 1 saturated heterocycles. The van der Waals surface area contributed by atoms with E-state index in [9.17, 15) is 9.90 Å². The molecule has 1 aliphatic rings. The number of carbonyl (C=O) groups excluding carboxylic acids is 1. The van der Waals surface area contributed by atoms with E-state index in [0.29, 0.717) is 11.7 Å². The monoisotopic (exact) mass is 265 g/mol. The van der Waals surface area contributed by atoms with E-state index < -0.39 is 0 Å². The van der Waals surface area contributed by atoms with Crippen LogP contribution in [0.1, 0.15) is 19.8 Å². The lowest BCUT2D eigenvalue weighted by Gasteiger charge is -2.30. The lowest BCUT2D eigenvalue weighted by molar-refractivity contribution is -0.130. The van der Waals surface area contributed by atoms with Gasteiger partial charge in [-0.1, -0.05) is 6.92 Å². The molecule has 98 valence electrons. The molecular weight excluding hydrogens is 246 g/mol. The fourth-order valence-electron chi connectivity index (χ4n) is 2.19. The van der Waals surface area contributed by atoms with Crippen molar-refractivity contribution in [1.82, 2.24) is 4.90 Å². The Morgan fingerprint density at radius 1 is 1.44 bits per heavy atom. The van der Waals surface area contributed by atoms with Crippen molar-refractivity contribution in [3.8, 4) is 5.75 Å². The Morgan fingerprint density at radius 2 is 2.17 bits per heavy atom. The molecule has 1 unspecified atom stereocenters. The third-order valence-electron chi connectivity index (χ3n) is 3.21. The van der Waals surface area contributed by atoms with E-state index in [0.717, 1.165) is 24.4 Å². The van der Waals surface area contributed by atoms with E-state index in [-0.39, 0.29) is 11.7 Å². The number of phenolic OH excluding ortho intramolecular Hbond substituents is 1. The van der Waals surface area contributed by atoms with Crippen molar-refractivity contribution >= 4 is 17.7 Å². The van der Waals surface area contributed by atoms with Crippen molar-refractivity contribution in [2.45, 2.75) is 24.7 Å². The van der Waals surface area contributed by atoms with Crippen molar-refractivity contribution in [3.05, 3.63) is 24.3 Å². The number of hydrogen-bond donors (Lipinski definition) is 1. The number of piperidine rings is 1. The van der Waals surface area contributed by atoms with Gasteiger partial charge in [0.15, 0.2) is 0 Å². The molecule has 1 N–H and O–H groups in total.